The van der Waals surface area contributed by atoms with Crippen LogP contribution in [0.4, 0.5) is 4.79 Å². The molecule has 88 valence electrons. The van der Waals surface area contributed by atoms with E-state index in [0.29, 0.717) is 17.3 Å². The molecular formula is C11H15ClN2O2. The number of benzene rings is 1. The number of amides is 2. The monoisotopic (exact) mass is 242 g/mol. The number of ether oxygens (including phenoxy) is 1. The second-order valence-corrected chi connectivity index (χ2v) is 3.65. The average molecular weight is 243 g/mol. The van der Waals surface area contributed by atoms with E-state index in [9.17, 15) is 4.79 Å². The number of hydrogen-bond donors (Lipinski definition) is 2. The highest BCUT2D eigenvalue weighted by molar-refractivity contribution is 6.30. The summed E-state index contributed by atoms with van der Waals surface area (Å²) in [5.41, 5.74) is 0. The molecule has 0 heterocycles. The Labute approximate surface area is 99.9 Å². The smallest absolute Gasteiger partial charge is 0.317 e. The van der Waals surface area contributed by atoms with Crippen LogP contribution in [0.3, 0.4) is 0 Å². The molecule has 1 atom stereocenters. The molecule has 2 N–H and O–H groups in total. The molecule has 0 spiro atoms. The van der Waals surface area contributed by atoms with Gasteiger partial charge in [0.1, 0.15) is 5.75 Å². The molecular weight excluding hydrogens is 228 g/mol. The second kappa shape index (κ2) is 6.23. The molecule has 1 rings (SSSR count). The van der Waals surface area contributed by atoms with Crippen molar-refractivity contribution in [1.29, 1.82) is 0 Å². The maximum absolute atomic E-state index is 11.2. The first-order chi connectivity index (χ1) is 7.61. The first-order valence-corrected chi connectivity index (χ1v) is 5.46. The van der Waals surface area contributed by atoms with Gasteiger partial charge < -0.3 is 15.4 Å². The Morgan fingerprint density at radius 3 is 2.62 bits per heavy atom. The number of nitrogens with one attached hydrogen (secondary N) is 2. The summed E-state index contributed by atoms with van der Waals surface area (Å²) >= 11 is 5.74. The Morgan fingerprint density at radius 1 is 1.44 bits per heavy atom. The van der Waals surface area contributed by atoms with E-state index in [2.05, 4.69) is 10.6 Å². The van der Waals surface area contributed by atoms with E-state index in [4.69, 9.17) is 16.3 Å². The van der Waals surface area contributed by atoms with E-state index in [0.717, 1.165) is 0 Å². The summed E-state index contributed by atoms with van der Waals surface area (Å²) in [6.45, 7) is 4.19. The summed E-state index contributed by atoms with van der Waals surface area (Å²) in [5.74, 6) is 0.661. The molecule has 0 aliphatic carbocycles. The van der Waals surface area contributed by atoms with Gasteiger partial charge in [0.25, 0.3) is 0 Å². The molecule has 2 amide bonds. The third kappa shape index (κ3) is 4.40. The van der Waals surface area contributed by atoms with Crippen molar-refractivity contribution >= 4 is 17.6 Å². The predicted molar refractivity (Wildman–Crippen MR) is 63.8 cm³/mol. The van der Waals surface area contributed by atoms with Crippen LogP contribution in [0.1, 0.15) is 13.8 Å². The highest BCUT2D eigenvalue weighted by atomic mass is 35.5. The zero-order chi connectivity index (χ0) is 12.0. The number of carbonyl (C=O) groups is 1. The fraction of sp³-hybridized carbons (Fsp3) is 0.364. The Balaban J connectivity index is 2.42. The number of carbonyl (C=O) groups excluding carboxylic acids is 1. The lowest BCUT2D eigenvalue weighted by Crippen LogP contribution is -2.43. The van der Waals surface area contributed by atoms with Gasteiger partial charge in [-0.2, -0.15) is 0 Å². The van der Waals surface area contributed by atoms with Gasteiger partial charge in [-0.3, -0.25) is 0 Å². The highest BCUT2D eigenvalue weighted by Crippen LogP contribution is 2.16. The van der Waals surface area contributed by atoms with Crippen molar-refractivity contribution in [2.24, 2.45) is 0 Å². The van der Waals surface area contributed by atoms with Gasteiger partial charge in [0, 0.05) is 11.6 Å². The van der Waals surface area contributed by atoms with Crippen LogP contribution in [-0.2, 0) is 0 Å². The average Bonchev–Trinajstić information content (AvgIpc) is 2.21. The number of hydrogen-bond acceptors (Lipinski definition) is 2. The fourth-order valence-corrected chi connectivity index (χ4v) is 1.27. The van der Waals surface area contributed by atoms with Gasteiger partial charge in [-0.15, -0.1) is 0 Å². The summed E-state index contributed by atoms with van der Waals surface area (Å²) in [7, 11) is 0. The minimum absolute atomic E-state index is 0.246. The van der Waals surface area contributed by atoms with Gasteiger partial charge in [0.05, 0.1) is 0 Å². The SMILES string of the molecule is CCNC(=O)NC(C)Oc1ccc(Cl)cc1. The lowest BCUT2D eigenvalue weighted by atomic mass is 10.3. The van der Waals surface area contributed by atoms with Crippen LogP contribution >= 0.6 is 11.6 Å². The van der Waals surface area contributed by atoms with Crippen molar-refractivity contribution in [3.8, 4) is 5.75 Å². The van der Waals surface area contributed by atoms with Crippen LogP contribution in [0.15, 0.2) is 24.3 Å². The first-order valence-electron chi connectivity index (χ1n) is 5.08. The molecule has 1 unspecified atom stereocenters. The second-order valence-electron chi connectivity index (χ2n) is 3.22. The lowest BCUT2D eigenvalue weighted by Gasteiger charge is -2.16. The third-order valence-electron chi connectivity index (χ3n) is 1.80. The molecule has 0 fully saturated rings. The third-order valence-corrected chi connectivity index (χ3v) is 2.05. The van der Waals surface area contributed by atoms with Crippen LogP contribution in [0.25, 0.3) is 0 Å². The maximum Gasteiger partial charge on any atom is 0.317 e. The van der Waals surface area contributed by atoms with Crippen molar-refractivity contribution in [2.45, 2.75) is 20.1 Å². The van der Waals surface area contributed by atoms with Gasteiger partial charge in [-0.25, -0.2) is 4.79 Å². The van der Waals surface area contributed by atoms with Crippen molar-refractivity contribution in [3.05, 3.63) is 29.3 Å². The van der Waals surface area contributed by atoms with Crippen LogP contribution in [0, 0.1) is 0 Å². The summed E-state index contributed by atoms with van der Waals surface area (Å²) < 4.78 is 5.46. The predicted octanol–water partition coefficient (Wildman–Crippen LogP) is 2.38. The Kier molecular flexibility index (Phi) is 4.92. The molecule has 1 aromatic carbocycles. The molecule has 1 aromatic rings. The molecule has 16 heavy (non-hydrogen) atoms. The Morgan fingerprint density at radius 2 is 2.06 bits per heavy atom. The van der Waals surface area contributed by atoms with Crippen LogP contribution in [0.2, 0.25) is 5.02 Å². The summed E-state index contributed by atoms with van der Waals surface area (Å²) in [6, 6.07) is 6.71. The summed E-state index contributed by atoms with van der Waals surface area (Å²) in [4.78, 5) is 11.2. The van der Waals surface area contributed by atoms with Crippen molar-refractivity contribution in [1.82, 2.24) is 10.6 Å². The zero-order valence-corrected chi connectivity index (χ0v) is 10.0. The maximum atomic E-state index is 11.2. The summed E-state index contributed by atoms with van der Waals surface area (Å²) in [6.07, 6.45) is -0.396. The normalized spacial score (nSPS) is 11.7. The zero-order valence-electron chi connectivity index (χ0n) is 9.29. The summed E-state index contributed by atoms with van der Waals surface area (Å²) in [5, 5.41) is 5.91. The van der Waals surface area contributed by atoms with Crippen molar-refractivity contribution in [3.63, 3.8) is 0 Å². The standard InChI is InChI=1S/C11H15ClN2O2/c1-3-13-11(15)14-8(2)16-10-6-4-9(12)5-7-10/h4-8H,3H2,1-2H3,(H2,13,14,15). The van der Waals surface area contributed by atoms with Crippen LogP contribution < -0.4 is 15.4 Å². The van der Waals surface area contributed by atoms with Gasteiger partial charge >= 0.3 is 6.03 Å². The Hall–Kier alpha value is -1.42. The molecule has 0 radical (unpaired) electrons. The van der Waals surface area contributed by atoms with Crippen molar-refractivity contribution in [2.75, 3.05) is 6.54 Å². The largest absolute Gasteiger partial charge is 0.471 e. The van der Waals surface area contributed by atoms with Gasteiger partial charge in [-0.1, -0.05) is 11.6 Å². The first kappa shape index (κ1) is 12.6. The van der Waals surface area contributed by atoms with Gasteiger partial charge in [0.2, 0.25) is 0 Å². The van der Waals surface area contributed by atoms with Crippen molar-refractivity contribution < 1.29 is 9.53 Å². The van der Waals surface area contributed by atoms with E-state index in [1.807, 2.05) is 6.92 Å². The van der Waals surface area contributed by atoms with E-state index in [-0.39, 0.29) is 6.03 Å². The quantitative estimate of drug-likeness (QED) is 0.797. The van der Waals surface area contributed by atoms with Crippen LogP contribution in [0.5, 0.6) is 5.75 Å². The molecule has 0 aliphatic rings. The van der Waals surface area contributed by atoms with Gasteiger partial charge in [0.15, 0.2) is 6.23 Å². The number of urea groups is 1. The molecule has 0 saturated carbocycles. The minimum atomic E-state index is -0.396. The molecule has 4 nitrogen and oxygen atoms in total. The fourth-order valence-electron chi connectivity index (χ4n) is 1.14. The van der Waals surface area contributed by atoms with Gasteiger partial charge in [-0.05, 0) is 38.1 Å². The molecule has 0 bridgehead atoms. The van der Waals surface area contributed by atoms with E-state index in [1.54, 1.807) is 31.2 Å². The van der Waals surface area contributed by atoms with E-state index in [1.165, 1.54) is 0 Å². The molecule has 0 aromatic heterocycles. The number of halogens is 1. The lowest BCUT2D eigenvalue weighted by molar-refractivity contribution is 0.177. The molecule has 0 saturated heterocycles. The molecule has 0 aliphatic heterocycles. The highest BCUT2D eigenvalue weighted by Gasteiger charge is 2.06. The Bertz CT molecular complexity index is 340. The van der Waals surface area contributed by atoms with Crippen LogP contribution in [-0.4, -0.2) is 18.8 Å². The minimum Gasteiger partial charge on any atom is -0.471 e. The topological polar surface area (TPSA) is 50.4 Å². The van der Waals surface area contributed by atoms with E-state index < -0.39 is 6.23 Å². The molecule has 5 heteroatoms. The number of rotatable bonds is 4. The van der Waals surface area contributed by atoms with E-state index >= 15 is 0 Å².